The van der Waals surface area contributed by atoms with Gasteiger partial charge < -0.3 is 19.9 Å². The standard InChI is InChI=1S/C24H35N3O2S/c1-4-29-12-8-11-25-24(30)27(20-9-6-5-7-10-20)16-19-15-21-18(3)13-17(2)14-22(21)26-23(19)28/h13-15,20H,4-12,16H2,1-3H3,(H,25,30)(H,26,28). The van der Waals surface area contributed by atoms with Gasteiger partial charge in [0.1, 0.15) is 0 Å². The zero-order chi connectivity index (χ0) is 21.5. The molecule has 0 spiro atoms. The number of nitrogens with zero attached hydrogens (tertiary/aromatic N) is 1. The number of nitrogens with one attached hydrogen (secondary N) is 2. The van der Waals surface area contributed by atoms with Crippen molar-refractivity contribution >= 4 is 28.2 Å². The lowest BCUT2D eigenvalue weighted by molar-refractivity contribution is 0.145. The molecule has 2 N–H and O–H groups in total. The Kier molecular flexibility index (Phi) is 8.28. The van der Waals surface area contributed by atoms with Crippen molar-refractivity contribution in [2.75, 3.05) is 19.8 Å². The maximum Gasteiger partial charge on any atom is 0.253 e. The molecule has 0 amide bonds. The molecule has 0 bridgehead atoms. The smallest absolute Gasteiger partial charge is 0.253 e. The van der Waals surface area contributed by atoms with Gasteiger partial charge >= 0.3 is 0 Å². The van der Waals surface area contributed by atoms with Crippen molar-refractivity contribution in [3.63, 3.8) is 0 Å². The van der Waals surface area contributed by atoms with Gasteiger partial charge in [0, 0.05) is 42.3 Å². The molecule has 1 heterocycles. The van der Waals surface area contributed by atoms with E-state index in [1.807, 2.05) is 13.0 Å². The fraction of sp³-hybridized carbons (Fsp3) is 0.583. The number of pyridine rings is 1. The highest BCUT2D eigenvalue weighted by Gasteiger charge is 2.24. The summed E-state index contributed by atoms with van der Waals surface area (Å²) in [6.45, 7) is 8.96. The molecule has 0 saturated heterocycles. The van der Waals surface area contributed by atoms with Gasteiger partial charge in [-0.2, -0.15) is 0 Å². The Balaban J connectivity index is 1.80. The zero-order valence-corrected chi connectivity index (χ0v) is 19.4. The van der Waals surface area contributed by atoms with Crippen molar-refractivity contribution in [1.82, 2.24) is 15.2 Å². The van der Waals surface area contributed by atoms with Crippen molar-refractivity contribution in [3.05, 3.63) is 45.2 Å². The molecule has 1 fully saturated rings. The molecule has 0 aliphatic heterocycles. The van der Waals surface area contributed by atoms with Crippen LogP contribution in [0.1, 0.15) is 62.1 Å². The Bertz CT molecular complexity index is 919. The fourth-order valence-electron chi connectivity index (χ4n) is 4.39. The topological polar surface area (TPSA) is 57.4 Å². The number of benzene rings is 1. The molecule has 1 aliphatic rings. The third-order valence-corrected chi connectivity index (χ3v) is 6.33. The Morgan fingerprint density at radius 1 is 1.23 bits per heavy atom. The average molecular weight is 430 g/mol. The number of thiocarbonyl (C=S) groups is 1. The third kappa shape index (κ3) is 5.82. The van der Waals surface area contributed by atoms with Crippen LogP contribution in [0.15, 0.2) is 23.0 Å². The molecule has 1 aromatic heterocycles. The van der Waals surface area contributed by atoms with Crippen molar-refractivity contribution in [2.45, 2.75) is 71.9 Å². The lowest BCUT2D eigenvalue weighted by Crippen LogP contribution is -2.47. The Morgan fingerprint density at radius 3 is 2.73 bits per heavy atom. The summed E-state index contributed by atoms with van der Waals surface area (Å²) < 4.78 is 5.42. The summed E-state index contributed by atoms with van der Waals surface area (Å²) >= 11 is 5.78. The van der Waals surface area contributed by atoms with E-state index in [4.69, 9.17) is 17.0 Å². The second-order valence-corrected chi connectivity index (χ2v) is 8.76. The molecule has 0 unspecified atom stereocenters. The number of rotatable bonds is 8. The summed E-state index contributed by atoms with van der Waals surface area (Å²) in [6, 6.07) is 6.64. The number of aromatic amines is 1. The number of hydrogen-bond donors (Lipinski definition) is 2. The summed E-state index contributed by atoms with van der Waals surface area (Å²) in [5.41, 5.74) is 4.00. The second-order valence-electron chi connectivity index (χ2n) is 8.37. The minimum atomic E-state index is -0.0209. The number of hydrogen-bond acceptors (Lipinski definition) is 3. The van der Waals surface area contributed by atoms with E-state index in [1.165, 1.54) is 24.8 Å². The van der Waals surface area contributed by atoms with Gasteiger partial charge in [-0.05, 0) is 75.5 Å². The number of aryl methyl sites for hydroxylation is 2. The van der Waals surface area contributed by atoms with Crippen LogP contribution in [-0.4, -0.2) is 40.8 Å². The van der Waals surface area contributed by atoms with Gasteiger partial charge in [-0.3, -0.25) is 4.79 Å². The predicted molar refractivity (Wildman–Crippen MR) is 128 cm³/mol. The summed E-state index contributed by atoms with van der Waals surface area (Å²) in [5, 5.41) is 5.25. The van der Waals surface area contributed by atoms with Gasteiger partial charge in [0.25, 0.3) is 5.56 Å². The van der Waals surface area contributed by atoms with Crippen LogP contribution in [0.25, 0.3) is 10.9 Å². The molecular formula is C24H35N3O2S. The summed E-state index contributed by atoms with van der Waals surface area (Å²) in [6.07, 6.45) is 6.91. The number of ether oxygens (including phenoxy) is 1. The Labute approximate surface area is 185 Å². The average Bonchev–Trinajstić information content (AvgIpc) is 2.72. The molecule has 1 saturated carbocycles. The molecular weight excluding hydrogens is 394 g/mol. The Hall–Kier alpha value is -1.92. The van der Waals surface area contributed by atoms with Crippen LogP contribution >= 0.6 is 12.2 Å². The first kappa shape index (κ1) is 22.8. The number of aromatic nitrogens is 1. The molecule has 30 heavy (non-hydrogen) atoms. The van der Waals surface area contributed by atoms with Gasteiger partial charge in [0.15, 0.2) is 5.11 Å². The summed E-state index contributed by atoms with van der Waals surface area (Å²) in [7, 11) is 0. The van der Waals surface area contributed by atoms with E-state index in [1.54, 1.807) is 0 Å². The monoisotopic (exact) mass is 429 g/mol. The van der Waals surface area contributed by atoms with Crippen LogP contribution in [0.2, 0.25) is 0 Å². The van der Waals surface area contributed by atoms with Gasteiger partial charge in [-0.1, -0.05) is 25.3 Å². The molecule has 164 valence electrons. The first-order valence-electron chi connectivity index (χ1n) is 11.2. The molecule has 0 radical (unpaired) electrons. The zero-order valence-electron chi connectivity index (χ0n) is 18.6. The number of H-pyrrole nitrogens is 1. The highest BCUT2D eigenvalue weighted by atomic mass is 32.1. The van der Waals surface area contributed by atoms with Crippen LogP contribution < -0.4 is 10.9 Å². The largest absolute Gasteiger partial charge is 0.382 e. The normalized spacial score (nSPS) is 14.8. The quantitative estimate of drug-likeness (QED) is 0.475. The molecule has 6 heteroatoms. The van der Waals surface area contributed by atoms with E-state index in [-0.39, 0.29) is 5.56 Å². The maximum atomic E-state index is 12.9. The van der Waals surface area contributed by atoms with Crippen molar-refractivity contribution in [1.29, 1.82) is 0 Å². The van der Waals surface area contributed by atoms with Gasteiger partial charge in [0.2, 0.25) is 0 Å². The van der Waals surface area contributed by atoms with Crippen LogP contribution in [0, 0.1) is 13.8 Å². The first-order valence-corrected chi connectivity index (χ1v) is 11.7. The second kappa shape index (κ2) is 10.9. The summed E-state index contributed by atoms with van der Waals surface area (Å²) in [4.78, 5) is 18.2. The van der Waals surface area contributed by atoms with E-state index in [9.17, 15) is 4.79 Å². The molecule has 1 aromatic carbocycles. The van der Waals surface area contributed by atoms with Gasteiger partial charge in [-0.25, -0.2) is 0 Å². The van der Waals surface area contributed by atoms with E-state index in [0.29, 0.717) is 12.6 Å². The lowest BCUT2D eigenvalue weighted by atomic mass is 9.94. The molecule has 3 rings (SSSR count). The van der Waals surface area contributed by atoms with Crippen LogP contribution in [0.3, 0.4) is 0 Å². The van der Waals surface area contributed by atoms with Crippen molar-refractivity contribution in [2.24, 2.45) is 0 Å². The summed E-state index contributed by atoms with van der Waals surface area (Å²) in [5.74, 6) is 0. The van der Waals surface area contributed by atoms with E-state index < -0.39 is 0 Å². The van der Waals surface area contributed by atoms with E-state index in [2.05, 4.69) is 41.2 Å². The predicted octanol–water partition coefficient (Wildman–Crippen LogP) is 4.58. The number of fused-ring (bicyclic) bond motifs is 1. The Morgan fingerprint density at radius 2 is 2.00 bits per heavy atom. The van der Waals surface area contributed by atoms with Crippen molar-refractivity contribution < 1.29 is 4.74 Å². The van der Waals surface area contributed by atoms with Crippen LogP contribution in [-0.2, 0) is 11.3 Å². The third-order valence-electron chi connectivity index (χ3n) is 5.95. The van der Waals surface area contributed by atoms with Gasteiger partial charge in [-0.15, -0.1) is 0 Å². The fourth-order valence-corrected chi connectivity index (χ4v) is 4.71. The first-order chi connectivity index (χ1) is 14.5. The van der Waals surface area contributed by atoms with Crippen LogP contribution in [0.4, 0.5) is 0 Å². The molecule has 5 nitrogen and oxygen atoms in total. The molecule has 2 aromatic rings. The maximum absolute atomic E-state index is 12.9. The highest BCUT2D eigenvalue weighted by Crippen LogP contribution is 2.25. The lowest BCUT2D eigenvalue weighted by Gasteiger charge is -2.36. The van der Waals surface area contributed by atoms with Crippen LogP contribution in [0.5, 0.6) is 0 Å². The molecule has 1 aliphatic carbocycles. The van der Waals surface area contributed by atoms with E-state index >= 15 is 0 Å². The molecule has 0 atom stereocenters. The SMILES string of the molecule is CCOCCCNC(=S)N(Cc1cc2c(C)cc(C)cc2[nH]c1=O)C1CCCCC1. The van der Waals surface area contributed by atoms with Crippen molar-refractivity contribution in [3.8, 4) is 0 Å². The minimum absolute atomic E-state index is 0.0209. The highest BCUT2D eigenvalue weighted by molar-refractivity contribution is 7.80. The minimum Gasteiger partial charge on any atom is -0.382 e. The van der Waals surface area contributed by atoms with Gasteiger partial charge in [0.05, 0.1) is 6.54 Å². The van der Waals surface area contributed by atoms with E-state index in [0.717, 1.165) is 66.2 Å².